The van der Waals surface area contributed by atoms with Gasteiger partial charge in [0, 0.05) is 13.1 Å². The van der Waals surface area contributed by atoms with E-state index in [9.17, 15) is 9.59 Å². The lowest BCUT2D eigenvalue weighted by Gasteiger charge is -2.37. The summed E-state index contributed by atoms with van der Waals surface area (Å²) in [7, 11) is 0. The number of hydrogen-bond donors (Lipinski definition) is 0. The van der Waals surface area contributed by atoms with Gasteiger partial charge in [-0.1, -0.05) is 52.0 Å². The lowest BCUT2D eigenvalue weighted by atomic mass is 9.89. The van der Waals surface area contributed by atoms with Gasteiger partial charge in [-0.05, 0) is 35.3 Å². The standard InChI is InChI=1S/C20H25NO2/c1-12(2)15-5-7-16(8-6-15)17-18(20(23)19(17)22)21-10-13(3)9-14(4)11-21/h5-8,12-14H,9-11H2,1-4H3. The Kier molecular flexibility index (Phi) is 4.13. The molecular weight excluding hydrogens is 286 g/mol. The topological polar surface area (TPSA) is 37.4 Å². The van der Waals surface area contributed by atoms with E-state index >= 15 is 0 Å². The number of piperidine rings is 1. The fraction of sp³-hybridized carbons (Fsp3) is 0.500. The van der Waals surface area contributed by atoms with Gasteiger partial charge >= 0.3 is 0 Å². The van der Waals surface area contributed by atoms with E-state index < -0.39 is 0 Å². The second kappa shape index (κ2) is 5.95. The van der Waals surface area contributed by atoms with Crippen molar-refractivity contribution in [1.82, 2.24) is 0 Å². The van der Waals surface area contributed by atoms with Gasteiger partial charge in [-0.3, -0.25) is 9.59 Å². The number of hydrogen-bond acceptors (Lipinski definition) is 3. The van der Waals surface area contributed by atoms with Gasteiger partial charge in [0.25, 0.3) is 0 Å². The molecule has 2 unspecified atom stereocenters. The summed E-state index contributed by atoms with van der Waals surface area (Å²) in [6.07, 6.45) is 1.18. The molecule has 0 N–H and O–H groups in total. The predicted molar refractivity (Wildman–Crippen MR) is 96.0 cm³/mol. The second-order valence-electron chi connectivity index (χ2n) is 7.51. The predicted octanol–water partition coefficient (Wildman–Crippen LogP) is 3.56. The van der Waals surface area contributed by atoms with Crippen LogP contribution in [0.2, 0.25) is 0 Å². The summed E-state index contributed by atoms with van der Waals surface area (Å²) in [4.78, 5) is 26.5. The van der Waals surface area contributed by atoms with Crippen LogP contribution in [0.4, 0.5) is 5.69 Å². The number of anilines is 1. The van der Waals surface area contributed by atoms with Crippen LogP contribution in [-0.4, -0.2) is 13.1 Å². The Balaban J connectivity index is 1.97. The first-order valence-corrected chi connectivity index (χ1v) is 8.57. The van der Waals surface area contributed by atoms with Crippen molar-refractivity contribution in [2.24, 2.45) is 11.8 Å². The first-order valence-electron chi connectivity index (χ1n) is 8.57. The number of benzene rings is 1. The molecule has 122 valence electrons. The molecule has 0 aromatic heterocycles. The van der Waals surface area contributed by atoms with Crippen molar-refractivity contribution in [3.05, 3.63) is 50.3 Å². The molecule has 2 atom stereocenters. The SMILES string of the molecule is CC1CC(C)CN(c2c(-c3ccc(C(C)C)cc3)c(=O)c2=O)C1. The van der Waals surface area contributed by atoms with E-state index in [-0.39, 0.29) is 10.9 Å². The maximum absolute atomic E-state index is 12.2. The van der Waals surface area contributed by atoms with Crippen molar-refractivity contribution in [3.8, 4) is 11.1 Å². The molecule has 23 heavy (non-hydrogen) atoms. The van der Waals surface area contributed by atoms with Crippen LogP contribution in [0.25, 0.3) is 11.1 Å². The van der Waals surface area contributed by atoms with Gasteiger partial charge in [-0.2, -0.15) is 0 Å². The van der Waals surface area contributed by atoms with Crippen molar-refractivity contribution >= 4 is 5.69 Å². The third kappa shape index (κ3) is 2.85. The van der Waals surface area contributed by atoms with Crippen molar-refractivity contribution in [2.45, 2.75) is 40.0 Å². The molecule has 1 heterocycles. The number of rotatable bonds is 3. The molecule has 0 bridgehead atoms. The Hall–Kier alpha value is -1.90. The van der Waals surface area contributed by atoms with E-state index in [1.807, 2.05) is 12.1 Å². The zero-order chi connectivity index (χ0) is 16.7. The average Bonchev–Trinajstić information content (AvgIpc) is 2.50. The van der Waals surface area contributed by atoms with Crippen molar-refractivity contribution < 1.29 is 0 Å². The molecule has 0 spiro atoms. The quantitative estimate of drug-likeness (QED) is 0.813. The van der Waals surface area contributed by atoms with E-state index in [1.165, 1.54) is 12.0 Å². The van der Waals surface area contributed by atoms with Gasteiger partial charge in [-0.15, -0.1) is 0 Å². The van der Waals surface area contributed by atoms with Crippen LogP contribution in [-0.2, 0) is 0 Å². The molecule has 1 aliphatic rings. The highest BCUT2D eigenvalue weighted by molar-refractivity contribution is 5.82. The summed E-state index contributed by atoms with van der Waals surface area (Å²) in [5.41, 5.74) is 2.74. The van der Waals surface area contributed by atoms with E-state index in [1.54, 1.807) is 0 Å². The molecule has 0 aliphatic carbocycles. The maximum atomic E-state index is 12.2. The Morgan fingerprint density at radius 1 is 0.957 bits per heavy atom. The van der Waals surface area contributed by atoms with Crippen LogP contribution in [0.3, 0.4) is 0 Å². The molecule has 0 amide bonds. The Labute approximate surface area is 137 Å². The Morgan fingerprint density at radius 2 is 1.52 bits per heavy atom. The largest absolute Gasteiger partial charge is 0.367 e. The minimum absolute atomic E-state index is 0.311. The molecule has 1 aliphatic heterocycles. The summed E-state index contributed by atoms with van der Waals surface area (Å²) in [5, 5.41) is 0. The van der Waals surface area contributed by atoms with Gasteiger partial charge < -0.3 is 4.90 Å². The molecule has 2 aromatic carbocycles. The fourth-order valence-corrected chi connectivity index (χ4v) is 3.83. The van der Waals surface area contributed by atoms with E-state index in [2.05, 4.69) is 44.7 Å². The third-order valence-electron chi connectivity index (χ3n) is 4.94. The van der Waals surface area contributed by atoms with Gasteiger partial charge in [0.1, 0.15) is 5.69 Å². The maximum Gasteiger partial charge on any atom is 0.250 e. The van der Waals surface area contributed by atoms with Crippen LogP contribution >= 0.6 is 0 Å². The lowest BCUT2D eigenvalue weighted by molar-refractivity contribution is 0.356. The summed E-state index contributed by atoms with van der Waals surface area (Å²) < 4.78 is 0. The Bertz CT molecular complexity index is 756. The highest BCUT2D eigenvalue weighted by atomic mass is 16.2. The van der Waals surface area contributed by atoms with Crippen LogP contribution in [0, 0.1) is 11.8 Å². The van der Waals surface area contributed by atoms with Crippen LogP contribution in [0.15, 0.2) is 33.9 Å². The molecule has 0 saturated carbocycles. The molecule has 1 saturated heterocycles. The van der Waals surface area contributed by atoms with E-state index in [0.29, 0.717) is 29.0 Å². The molecule has 2 aromatic rings. The summed E-state index contributed by atoms with van der Waals surface area (Å²) in [6.45, 7) is 10.5. The summed E-state index contributed by atoms with van der Waals surface area (Å²) >= 11 is 0. The van der Waals surface area contributed by atoms with Crippen LogP contribution in [0.1, 0.15) is 45.6 Å². The van der Waals surface area contributed by atoms with Gasteiger partial charge in [0.05, 0.1) is 5.56 Å². The van der Waals surface area contributed by atoms with E-state index in [0.717, 1.165) is 18.7 Å². The summed E-state index contributed by atoms with van der Waals surface area (Å²) in [6, 6.07) is 8.07. The molecule has 3 rings (SSSR count). The number of nitrogens with zero attached hydrogens (tertiary/aromatic N) is 1. The van der Waals surface area contributed by atoms with Gasteiger partial charge in [0.2, 0.25) is 10.9 Å². The normalized spacial score (nSPS) is 22.0. The zero-order valence-electron chi connectivity index (χ0n) is 14.4. The highest BCUT2D eigenvalue weighted by Gasteiger charge is 2.31. The fourth-order valence-electron chi connectivity index (χ4n) is 3.83. The van der Waals surface area contributed by atoms with Crippen LogP contribution in [0.5, 0.6) is 0 Å². The Morgan fingerprint density at radius 3 is 2.04 bits per heavy atom. The summed E-state index contributed by atoms with van der Waals surface area (Å²) in [5.74, 6) is 1.57. The second-order valence-corrected chi connectivity index (χ2v) is 7.51. The minimum atomic E-state index is -0.330. The van der Waals surface area contributed by atoms with Crippen molar-refractivity contribution in [2.75, 3.05) is 18.0 Å². The molecular formula is C20H25NO2. The molecule has 3 heteroatoms. The lowest BCUT2D eigenvalue weighted by Crippen LogP contribution is -2.47. The smallest absolute Gasteiger partial charge is 0.250 e. The van der Waals surface area contributed by atoms with Crippen molar-refractivity contribution in [3.63, 3.8) is 0 Å². The van der Waals surface area contributed by atoms with Crippen molar-refractivity contribution in [1.29, 1.82) is 0 Å². The van der Waals surface area contributed by atoms with Crippen LogP contribution < -0.4 is 15.8 Å². The first kappa shape index (κ1) is 16.0. The average molecular weight is 311 g/mol. The molecule has 1 fully saturated rings. The third-order valence-corrected chi connectivity index (χ3v) is 4.94. The van der Waals surface area contributed by atoms with E-state index in [4.69, 9.17) is 0 Å². The van der Waals surface area contributed by atoms with Gasteiger partial charge in [0.15, 0.2) is 0 Å². The minimum Gasteiger partial charge on any atom is -0.367 e. The first-order chi connectivity index (χ1) is 10.9. The molecule has 0 radical (unpaired) electrons. The monoisotopic (exact) mass is 311 g/mol. The van der Waals surface area contributed by atoms with Gasteiger partial charge in [-0.25, -0.2) is 0 Å². The zero-order valence-corrected chi connectivity index (χ0v) is 14.4. The highest BCUT2D eigenvalue weighted by Crippen LogP contribution is 2.32. The molecule has 3 nitrogen and oxygen atoms in total.